The summed E-state index contributed by atoms with van der Waals surface area (Å²) in [5, 5.41) is 0. The molecule has 1 atom stereocenters. The maximum atomic E-state index is 12.4. The normalized spacial score (nSPS) is 15.3. The van der Waals surface area contributed by atoms with E-state index in [1.54, 1.807) is 0 Å². The number of nitrogens with zero attached hydrogens (tertiary/aromatic N) is 1. The third kappa shape index (κ3) is 2.53. The molecule has 0 aliphatic carbocycles. The Bertz CT molecular complexity index is 448. The Morgan fingerprint density at radius 1 is 1.39 bits per heavy atom. The van der Waals surface area contributed by atoms with Crippen molar-refractivity contribution in [2.75, 3.05) is 0 Å². The summed E-state index contributed by atoms with van der Waals surface area (Å²) in [5.74, 6) is -0.236. The number of hydrogen-bond acceptors (Lipinski definition) is 2. The van der Waals surface area contributed by atoms with Crippen molar-refractivity contribution in [3.63, 3.8) is 0 Å². The number of fused-ring (bicyclic) bond motifs is 1. The maximum Gasteiger partial charge on any atom is 0.233 e. The van der Waals surface area contributed by atoms with Crippen LogP contribution in [-0.4, -0.2) is 15.8 Å². The molecule has 1 aromatic carbocycles. The van der Waals surface area contributed by atoms with E-state index >= 15 is 0 Å². The summed E-state index contributed by atoms with van der Waals surface area (Å²) in [4.78, 5) is 14.6. The van der Waals surface area contributed by atoms with Gasteiger partial charge in [0.15, 0.2) is 0 Å². The predicted octanol–water partition coefficient (Wildman–Crippen LogP) is 2.23. The summed E-state index contributed by atoms with van der Waals surface area (Å²) in [6.45, 7) is 3.40. The van der Waals surface area contributed by atoms with Crippen LogP contribution in [0.3, 0.4) is 0 Å². The molecule has 0 radical (unpaired) electrons. The fourth-order valence-electron chi connectivity index (χ4n) is 2.39. The van der Waals surface area contributed by atoms with Gasteiger partial charge in [0.2, 0.25) is 5.91 Å². The summed E-state index contributed by atoms with van der Waals surface area (Å²) in [7, 11) is 0. The highest BCUT2D eigenvalue weighted by atomic mass is 32.1. The minimum Gasteiger partial charge on any atom is -0.393 e. The summed E-state index contributed by atoms with van der Waals surface area (Å²) < 4.78 is 0. The van der Waals surface area contributed by atoms with Gasteiger partial charge in [-0.25, -0.2) is 0 Å². The van der Waals surface area contributed by atoms with Crippen LogP contribution in [0, 0.1) is 5.92 Å². The van der Waals surface area contributed by atoms with E-state index < -0.39 is 0 Å². The molecule has 96 valence electrons. The molecule has 1 aromatic rings. The van der Waals surface area contributed by atoms with Gasteiger partial charge in [0.1, 0.15) is 0 Å². The van der Waals surface area contributed by atoms with E-state index in [1.807, 2.05) is 24.0 Å². The molecule has 18 heavy (non-hydrogen) atoms. The van der Waals surface area contributed by atoms with Crippen LogP contribution in [0.4, 0.5) is 0 Å². The lowest BCUT2D eigenvalue weighted by Gasteiger charge is -2.22. The first-order valence-corrected chi connectivity index (χ1v) is 6.69. The fraction of sp³-hybridized carbons (Fsp3) is 0.429. The lowest BCUT2D eigenvalue weighted by Crippen LogP contribution is -2.38. The van der Waals surface area contributed by atoms with Crippen molar-refractivity contribution in [2.45, 2.75) is 32.9 Å². The molecule has 2 N–H and O–H groups in total. The van der Waals surface area contributed by atoms with Crippen LogP contribution >= 0.6 is 12.2 Å². The second kappa shape index (κ2) is 5.48. The van der Waals surface area contributed by atoms with E-state index in [1.165, 1.54) is 11.1 Å². The van der Waals surface area contributed by atoms with Gasteiger partial charge in [-0.05, 0) is 17.5 Å². The zero-order chi connectivity index (χ0) is 13.1. The molecule has 0 saturated heterocycles. The average molecular weight is 262 g/mol. The van der Waals surface area contributed by atoms with Crippen LogP contribution in [0.5, 0.6) is 0 Å². The Hall–Kier alpha value is -1.42. The number of nitrogens with two attached hydrogens (primary N) is 1. The average Bonchev–Trinajstić information content (AvgIpc) is 2.78. The van der Waals surface area contributed by atoms with Gasteiger partial charge in [0, 0.05) is 13.1 Å². The van der Waals surface area contributed by atoms with E-state index in [0.717, 1.165) is 12.8 Å². The van der Waals surface area contributed by atoms with Crippen molar-refractivity contribution in [3.8, 4) is 0 Å². The molecule has 0 bridgehead atoms. The molecule has 1 aliphatic heterocycles. The van der Waals surface area contributed by atoms with Gasteiger partial charge in [0.05, 0.1) is 10.9 Å². The second-order valence-corrected chi connectivity index (χ2v) is 5.18. The van der Waals surface area contributed by atoms with Gasteiger partial charge in [-0.15, -0.1) is 0 Å². The standard InChI is InChI=1S/C14H18N2OS/c1-2-5-12(13(15)18)14(17)16-8-10-6-3-4-7-11(10)9-16/h3-4,6-7,12H,2,5,8-9H2,1H3,(H2,15,18). The molecule has 1 unspecified atom stereocenters. The second-order valence-electron chi connectivity index (χ2n) is 4.71. The maximum absolute atomic E-state index is 12.4. The highest BCUT2D eigenvalue weighted by molar-refractivity contribution is 7.80. The summed E-state index contributed by atoms with van der Waals surface area (Å²) >= 11 is 5.01. The zero-order valence-electron chi connectivity index (χ0n) is 10.6. The summed E-state index contributed by atoms with van der Waals surface area (Å²) in [5.41, 5.74) is 8.13. The minimum absolute atomic E-state index is 0.0700. The van der Waals surface area contributed by atoms with E-state index in [4.69, 9.17) is 18.0 Å². The van der Waals surface area contributed by atoms with Crippen molar-refractivity contribution < 1.29 is 4.79 Å². The number of carbonyl (C=O) groups is 1. The third-order valence-electron chi connectivity index (χ3n) is 3.37. The first kappa shape index (κ1) is 13.0. The third-order valence-corrected chi connectivity index (χ3v) is 3.66. The number of hydrogen-bond donors (Lipinski definition) is 1. The van der Waals surface area contributed by atoms with Crippen LogP contribution in [0.15, 0.2) is 24.3 Å². The number of amides is 1. The molecule has 0 fully saturated rings. The van der Waals surface area contributed by atoms with E-state index in [9.17, 15) is 4.79 Å². The minimum atomic E-state index is -0.306. The lowest BCUT2D eigenvalue weighted by atomic mass is 10.0. The van der Waals surface area contributed by atoms with Crippen LogP contribution in [0.1, 0.15) is 30.9 Å². The molecule has 3 nitrogen and oxygen atoms in total. The Labute approximate surface area is 113 Å². The highest BCUT2D eigenvalue weighted by Crippen LogP contribution is 2.24. The van der Waals surface area contributed by atoms with Crippen molar-refractivity contribution >= 4 is 23.1 Å². The lowest BCUT2D eigenvalue weighted by molar-refractivity contribution is -0.134. The Morgan fingerprint density at radius 3 is 2.39 bits per heavy atom. The number of thiocarbonyl (C=S) groups is 1. The largest absolute Gasteiger partial charge is 0.393 e. The van der Waals surface area contributed by atoms with Crippen LogP contribution in [-0.2, 0) is 17.9 Å². The van der Waals surface area contributed by atoms with Crippen molar-refractivity contribution in [1.82, 2.24) is 4.90 Å². The topological polar surface area (TPSA) is 46.3 Å². The zero-order valence-corrected chi connectivity index (χ0v) is 11.4. The summed E-state index contributed by atoms with van der Waals surface area (Å²) in [6, 6.07) is 8.14. The fourth-order valence-corrected chi connectivity index (χ4v) is 2.60. The van der Waals surface area contributed by atoms with Gasteiger partial charge in [-0.1, -0.05) is 49.8 Å². The first-order chi connectivity index (χ1) is 8.63. The van der Waals surface area contributed by atoms with Crippen molar-refractivity contribution in [3.05, 3.63) is 35.4 Å². The first-order valence-electron chi connectivity index (χ1n) is 6.28. The Morgan fingerprint density at radius 2 is 1.94 bits per heavy atom. The monoisotopic (exact) mass is 262 g/mol. The molecule has 0 saturated carbocycles. The summed E-state index contributed by atoms with van der Waals surface area (Å²) in [6.07, 6.45) is 1.65. The van der Waals surface area contributed by atoms with Gasteiger partial charge >= 0.3 is 0 Å². The van der Waals surface area contributed by atoms with E-state index in [-0.39, 0.29) is 11.8 Å². The quantitative estimate of drug-likeness (QED) is 0.846. The van der Waals surface area contributed by atoms with Gasteiger partial charge < -0.3 is 10.6 Å². The van der Waals surface area contributed by atoms with Gasteiger partial charge in [-0.2, -0.15) is 0 Å². The van der Waals surface area contributed by atoms with Crippen LogP contribution in [0.25, 0.3) is 0 Å². The van der Waals surface area contributed by atoms with Crippen LogP contribution in [0.2, 0.25) is 0 Å². The predicted molar refractivity (Wildman–Crippen MR) is 75.9 cm³/mol. The Kier molecular flexibility index (Phi) is 3.97. The van der Waals surface area contributed by atoms with Crippen LogP contribution < -0.4 is 5.73 Å². The van der Waals surface area contributed by atoms with E-state index in [0.29, 0.717) is 18.1 Å². The SMILES string of the molecule is CCCC(C(=O)N1Cc2ccccc2C1)C(N)=S. The highest BCUT2D eigenvalue weighted by Gasteiger charge is 2.29. The molecular weight excluding hydrogens is 244 g/mol. The molecule has 4 heteroatoms. The number of carbonyl (C=O) groups excluding carboxylic acids is 1. The van der Waals surface area contributed by atoms with Crippen molar-refractivity contribution in [1.29, 1.82) is 0 Å². The van der Waals surface area contributed by atoms with Gasteiger partial charge in [-0.3, -0.25) is 4.79 Å². The molecule has 1 amide bonds. The van der Waals surface area contributed by atoms with E-state index in [2.05, 4.69) is 12.1 Å². The van der Waals surface area contributed by atoms with Crippen molar-refractivity contribution in [2.24, 2.45) is 11.7 Å². The molecular formula is C14H18N2OS. The molecule has 1 heterocycles. The molecule has 2 rings (SSSR count). The Balaban J connectivity index is 2.10. The van der Waals surface area contributed by atoms with Gasteiger partial charge in [0.25, 0.3) is 0 Å². The molecule has 1 aliphatic rings. The molecule has 0 aromatic heterocycles. The number of rotatable bonds is 4. The number of benzene rings is 1. The smallest absolute Gasteiger partial charge is 0.233 e. The molecule has 0 spiro atoms.